The molecule has 5 nitrogen and oxygen atoms in total. The van der Waals surface area contributed by atoms with E-state index < -0.39 is 11.7 Å². The van der Waals surface area contributed by atoms with Gasteiger partial charge in [0.1, 0.15) is 6.10 Å². The van der Waals surface area contributed by atoms with Gasteiger partial charge in [0.05, 0.1) is 19.8 Å². The number of hydrogen-bond donors (Lipinski definition) is 2. The van der Waals surface area contributed by atoms with Crippen molar-refractivity contribution in [1.29, 1.82) is 0 Å². The molecule has 0 amide bonds. The van der Waals surface area contributed by atoms with Gasteiger partial charge in [-0.25, -0.2) is 4.79 Å². The van der Waals surface area contributed by atoms with Crippen LogP contribution in [0.15, 0.2) is 0 Å². The molecule has 34 heavy (non-hydrogen) atoms. The molecule has 0 spiro atoms. The zero-order valence-corrected chi connectivity index (χ0v) is 23.4. The first kappa shape index (κ1) is 33.4. The molecule has 0 aliphatic carbocycles. The quantitative estimate of drug-likeness (QED) is 0.151. The number of hydrogen-bond acceptors (Lipinski definition) is 5. The van der Waals surface area contributed by atoms with E-state index in [1.807, 2.05) is 0 Å². The summed E-state index contributed by atoms with van der Waals surface area (Å²) in [6.07, 6.45) is 13.2. The minimum atomic E-state index is -1.07. The third kappa shape index (κ3) is 13.4. The second kappa shape index (κ2) is 20.5. The Morgan fingerprint density at radius 1 is 0.735 bits per heavy atom. The van der Waals surface area contributed by atoms with Gasteiger partial charge in [0.25, 0.3) is 0 Å². The fourth-order valence-corrected chi connectivity index (χ4v) is 4.78. The molecular formula is C29H58O5. The lowest BCUT2D eigenvalue weighted by molar-refractivity contribution is -0.185. The molecule has 0 aromatic heterocycles. The fraction of sp³-hybridized carbons (Fsp3) is 0.966. The third-order valence-electron chi connectivity index (χ3n) is 7.45. The summed E-state index contributed by atoms with van der Waals surface area (Å²) in [5, 5.41) is 19.5. The van der Waals surface area contributed by atoms with Crippen LogP contribution in [0.4, 0.5) is 0 Å². The van der Waals surface area contributed by atoms with Crippen molar-refractivity contribution in [2.24, 2.45) is 17.8 Å². The third-order valence-corrected chi connectivity index (χ3v) is 7.45. The minimum absolute atomic E-state index is 0.0485. The molecule has 0 saturated carbocycles. The summed E-state index contributed by atoms with van der Waals surface area (Å²) < 4.78 is 12.3. The lowest BCUT2D eigenvalue weighted by Gasteiger charge is -2.38. The molecule has 0 bridgehead atoms. The van der Waals surface area contributed by atoms with Crippen molar-refractivity contribution < 1.29 is 24.5 Å². The van der Waals surface area contributed by atoms with Crippen LogP contribution in [0.2, 0.25) is 0 Å². The molecule has 0 aromatic carbocycles. The molecule has 204 valence electrons. The summed E-state index contributed by atoms with van der Waals surface area (Å²) in [6.45, 7) is 13.1. The summed E-state index contributed by atoms with van der Waals surface area (Å²) >= 11 is 0. The lowest BCUT2D eigenvalue weighted by atomic mass is 9.78. The molecule has 0 aliphatic heterocycles. The fourth-order valence-electron chi connectivity index (χ4n) is 4.78. The average Bonchev–Trinajstić information content (AvgIpc) is 2.86. The van der Waals surface area contributed by atoms with Gasteiger partial charge >= 0.3 is 5.97 Å². The standard InChI is InChI=1S/C29H58O5/c1-7-13-16-24(10-4)19-29(34-23-27(31)21-30,20-25(11-5)17-14-8-2)28(32)33-22-26(12-6)18-15-9-3/h24-27,30-31H,7-23H2,1-6H3. The Labute approximate surface area is 211 Å². The first-order valence-corrected chi connectivity index (χ1v) is 14.5. The predicted molar refractivity (Wildman–Crippen MR) is 142 cm³/mol. The van der Waals surface area contributed by atoms with Crippen LogP contribution in [0.5, 0.6) is 0 Å². The lowest BCUT2D eigenvalue weighted by Crippen LogP contribution is -2.48. The highest BCUT2D eigenvalue weighted by molar-refractivity contribution is 5.79. The molecule has 0 aliphatic rings. The van der Waals surface area contributed by atoms with Gasteiger partial charge in [-0.3, -0.25) is 0 Å². The van der Waals surface area contributed by atoms with Crippen molar-refractivity contribution in [3.05, 3.63) is 0 Å². The van der Waals surface area contributed by atoms with E-state index in [1.165, 1.54) is 0 Å². The molecule has 0 fully saturated rings. The Bertz CT molecular complexity index is 463. The molecule has 0 heterocycles. The molecule has 2 N–H and O–H groups in total. The van der Waals surface area contributed by atoms with E-state index in [2.05, 4.69) is 41.5 Å². The number of carbonyl (C=O) groups excluding carboxylic acids is 1. The van der Waals surface area contributed by atoms with Crippen molar-refractivity contribution in [2.75, 3.05) is 19.8 Å². The van der Waals surface area contributed by atoms with Crippen molar-refractivity contribution in [3.63, 3.8) is 0 Å². The highest BCUT2D eigenvalue weighted by atomic mass is 16.6. The zero-order chi connectivity index (χ0) is 25.8. The van der Waals surface area contributed by atoms with Gasteiger partial charge in [-0.05, 0) is 37.0 Å². The van der Waals surface area contributed by atoms with Crippen LogP contribution in [0.3, 0.4) is 0 Å². The molecule has 0 saturated heterocycles. The summed E-state index contributed by atoms with van der Waals surface area (Å²) in [5.74, 6) is 0.834. The monoisotopic (exact) mass is 486 g/mol. The van der Waals surface area contributed by atoms with Gasteiger partial charge in [0.15, 0.2) is 5.60 Å². The van der Waals surface area contributed by atoms with Gasteiger partial charge in [0, 0.05) is 0 Å². The number of rotatable bonds is 23. The smallest absolute Gasteiger partial charge is 0.338 e. The number of unbranched alkanes of at least 4 members (excludes halogenated alkanes) is 3. The SMILES string of the molecule is CCCCC(CC)COC(=O)C(CC(CC)CCCC)(CC(CC)CCCC)OCC(O)CO. The summed E-state index contributed by atoms with van der Waals surface area (Å²) in [6, 6.07) is 0. The van der Waals surface area contributed by atoms with E-state index >= 15 is 0 Å². The maximum absolute atomic E-state index is 13.8. The van der Waals surface area contributed by atoms with E-state index in [4.69, 9.17) is 9.47 Å². The van der Waals surface area contributed by atoms with Gasteiger partial charge in [-0.1, -0.05) is 112 Å². The first-order valence-electron chi connectivity index (χ1n) is 14.5. The Kier molecular flexibility index (Phi) is 20.1. The molecule has 0 rings (SSSR count). The van der Waals surface area contributed by atoms with E-state index in [0.717, 1.165) is 77.0 Å². The normalized spacial score (nSPS) is 17.1. The summed E-state index contributed by atoms with van der Waals surface area (Å²) in [5.41, 5.74) is -1.07. The first-order chi connectivity index (χ1) is 16.4. The number of aliphatic hydroxyl groups excluding tert-OH is 2. The van der Waals surface area contributed by atoms with Crippen molar-refractivity contribution >= 4 is 5.97 Å². The van der Waals surface area contributed by atoms with E-state index in [9.17, 15) is 15.0 Å². The zero-order valence-electron chi connectivity index (χ0n) is 23.4. The van der Waals surface area contributed by atoms with E-state index in [1.54, 1.807) is 0 Å². The summed E-state index contributed by atoms with van der Waals surface area (Å²) in [7, 11) is 0. The van der Waals surface area contributed by atoms with Gasteiger partial charge in [0.2, 0.25) is 0 Å². The van der Waals surface area contributed by atoms with Crippen LogP contribution in [0.25, 0.3) is 0 Å². The van der Waals surface area contributed by atoms with Crippen LogP contribution >= 0.6 is 0 Å². The van der Waals surface area contributed by atoms with E-state index in [-0.39, 0.29) is 19.2 Å². The van der Waals surface area contributed by atoms with Gasteiger partial charge in [-0.15, -0.1) is 0 Å². The van der Waals surface area contributed by atoms with Crippen LogP contribution in [0, 0.1) is 17.8 Å². The topological polar surface area (TPSA) is 76.0 Å². The molecule has 4 atom stereocenters. The van der Waals surface area contributed by atoms with Crippen molar-refractivity contribution in [3.8, 4) is 0 Å². The van der Waals surface area contributed by atoms with Crippen molar-refractivity contribution in [2.45, 2.75) is 143 Å². The van der Waals surface area contributed by atoms with Crippen LogP contribution in [-0.4, -0.2) is 47.7 Å². The molecule has 0 radical (unpaired) electrons. The Hall–Kier alpha value is -0.650. The molecular weight excluding hydrogens is 428 g/mol. The van der Waals surface area contributed by atoms with Crippen LogP contribution in [-0.2, 0) is 14.3 Å². The highest BCUT2D eigenvalue weighted by Crippen LogP contribution is 2.36. The second-order valence-corrected chi connectivity index (χ2v) is 10.4. The van der Waals surface area contributed by atoms with Crippen LogP contribution in [0.1, 0.15) is 131 Å². The predicted octanol–water partition coefficient (Wildman–Crippen LogP) is 7.07. The Balaban J connectivity index is 5.92. The van der Waals surface area contributed by atoms with Crippen molar-refractivity contribution in [1.82, 2.24) is 0 Å². The summed E-state index contributed by atoms with van der Waals surface area (Å²) in [4.78, 5) is 13.8. The van der Waals surface area contributed by atoms with Gasteiger partial charge < -0.3 is 19.7 Å². The second-order valence-electron chi connectivity index (χ2n) is 10.4. The number of ether oxygens (including phenoxy) is 2. The Morgan fingerprint density at radius 3 is 1.56 bits per heavy atom. The number of carbonyl (C=O) groups is 1. The maximum atomic E-state index is 13.8. The maximum Gasteiger partial charge on any atom is 0.338 e. The Morgan fingerprint density at radius 2 is 1.18 bits per heavy atom. The number of esters is 1. The van der Waals surface area contributed by atoms with Crippen LogP contribution < -0.4 is 0 Å². The molecule has 0 aromatic rings. The minimum Gasteiger partial charge on any atom is -0.463 e. The van der Waals surface area contributed by atoms with Gasteiger partial charge in [-0.2, -0.15) is 0 Å². The van der Waals surface area contributed by atoms with E-state index in [0.29, 0.717) is 37.2 Å². The highest BCUT2D eigenvalue weighted by Gasteiger charge is 2.44. The number of aliphatic hydroxyl groups is 2. The molecule has 5 heteroatoms. The largest absolute Gasteiger partial charge is 0.463 e. The average molecular weight is 487 g/mol. The molecule has 4 unspecified atom stereocenters.